The van der Waals surface area contributed by atoms with E-state index in [1.54, 1.807) is 17.0 Å². The first-order chi connectivity index (χ1) is 15.6. The summed E-state index contributed by atoms with van der Waals surface area (Å²) >= 11 is 0. The molecule has 1 aliphatic rings. The lowest BCUT2D eigenvalue weighted by Gasteiger charge is -2.30. The molecule has 1 atom stereocenters. The van der Waals surface area contributed by atoms with Gasteiger partial charge in [0.1, 0.15) is 6.04 Å². The maximum absolute atomic E-state index is 13.4. The highest BCUT2D eigenvalue weighted by Crippen LogP contribution is 2.29. The van der Waals surface area contributed by atoms with Crippen LogP contribution in [0.5, 0.6) is 0 Å². The van der Waals surface area contributed by atoms with E-state index < -0.39 is 6.04 Å². The Hall–Kier alpha value is -3.41. The Morgan fingerprint density at radius 2 is 1.79 bits per heavy atom. The van der Waals surface area contributed by atoms with E-state index in [9.17, 15) is 14.4 Å². The van der Waals surface area contributed by atoms with Crippen LogP contribution in [0.15, 0.2) is 54.7 Å². The second-order valence-electron chi connectivity index (χ2n) is 10.1. The van der Waals surface area contributed by atoms with Gasteiger partial charge in [0, 0.05) is 30.1 Å². The van der Waals surface area contributed by atoms with E-state index in [4.69, 9.17) is 0 Å². The van der Waals surface area contributed by atoms with Crippen molar-refractivity contribution in [1.29, 1.82) is 0 Å². The van der Waals surface area contributed by atoms with Gasteiger partial charge >= 0.3 is 0 Å². The highest BCUT2D eigenvalue weighted by molar-refractivity contribution is 6.23. The monoisotopic (exact) mass is 445 g/mol. The molecule has 1 saturated heterocycles. The first kappa shape index (κ1) is 22.8. The predicted molar refractivity (Wildman–Crippen MR) is 130 cm³/mol. The van der Waals surface area contributed by atoms with Crippen LogP contribution < -0.4 is 4.90 Å². The number of hydrogen-bond donors (Lipinski definition) is 1. The average Bonchev–Trinajstić information content (AvgIpc) is 3.29. The fourth-order valence-corrected chi connectivity index (χ4v) is 4.41. The number of aromatic amines is 1. The van der Waals surface area contributed by atoms with Crippen molar-refractivity contribution in [1.82, 2.24) is 9.88 Å². The molecule has 1 fully saturated rings. The van der Waals surface area contributed by atoms with Gasteiger partial charge in [-0.05, 0) is 42.5 Å². The van der Waals surface area contributed by atoms with Gasteiger partial charge in [-0.2, -0.15) is 0 Å². The normalized spacial score (nSPS) is 16.6. The number of aromatic nitrogens is 1. The molecule has 33 heavy (non-hydrogen) atoms. The number of anilines is 1. The smallest absolute Gasteiger partial charge is 0.257 e. The SMILES string of the molecule is Cc1ccc(N2C(=O)CC(N(CCc3c[nH]c4ccccc34)C(=O)CC(C)(C)C)C2=O)cc1. The predicted octanol–water partition coefficient (Wildman–Crippen LogP) is 4.62. The van der Waals surface area contributed by atoms with Crippen LogP contribution in [0, 0.1) is 12.3 Å². The van der Waals surface area contributed by atoms with Gasteiger partial charge in [0.2, 0.25) is 11.8 Å². The Morgan fingerprint density at radius 3 is 2.48 bits per heavy atom. The second kappa shape index (κ2) is 8.85. The largest absolute Gasteiger partial charge is 0.361 e. The number of benzene rings is 2. The molecule has 1 aliphatic heterocycles. The molecule has 0 saturated carbocycles. The van der Waals surface area contributed by atoms with E-state index >= 15 is 0 Å². The third-order valence-electron chi connectivity index (χ3n) is 6.09. The Kier molecular flexibility index (Phi) is 6.11. The van der Waals surface area contributed by atoms with Crippen LogP contribution >= 0.6 is 0 Å². The minimum atomic E-state index is -0.779. The first-order valence-electron chi connectivity index (χ1n) is 11.4. The lowest BCUT2D eigenvalue weighted by Crippen LogP contribution is -2.47. The molecule has 2 heterocycles. The van der Waals surface area contributed by atoms with Crippen LogP contribution in [-0.4, -0.2) is 40.2 Å². The van der Waals surface area contributed by atoms with E-state index in [2.05, 4.69) is 4.98 Å². The Labute approximate surface area is 194 Å². The van der Waals surface area contributed by atoms with Gasteiger partial charge in [0.15, 0.2) is 0 Å². The molecule has 0 spiro atoms. The molecule has 1 unspecified atom stereocenters. The Balaban J connectivity index is 1.60. The molecule has 2 aromatic carbocycles. The van der Waals surface area contributed by atoms with E-state index in [0.29, 0.717) is 25.1 Å². The number of para-hydroxylation sites is 1. The van der Waals surface area contributed by atoms with Crippen LogP contribution in [0.25, 0.3) is 10.9 Å². The minimum Gasteiger partial charge on any atom is -0.361 e. The summed E-state index contributed by atoms with van der Waals surface area (Å²) in [7, 11) is 0. The summed E-state index contributed by atoms with van der Waals surface area (Å²) in [5.74, 6) is -0.696. The molecule has 0 aliphatic carbocycles. The quantitative estimate of drug-likeness (QED) is 0.563. The van der Waals surface area contributed by atoms with Crippen LogP contribution in [0.3, 0.4) is 0 Å². The topological polar surface area (TPSA) is 73.5 Å². The molecule has 4 rings (SSSR count). The Morgan fingerprint density at radius 1 is 1.09 bits per heavy atom. The van der Waals surface area contributed by atoms with Crippen LogP contribution in [0.4, 0.5) is 5.69 Å². The summed E-state index contributed by atoms with van der Waals surface area (Å²) < 4.78 is 0. The molecule has 3 aromatic rings. The number of fused-ring (bicyclic) bond motifs is 1. The van der Waals surface area contributed by atoms with Gasteiger partial charge in [-0.3, -0.25) is 14.4 Å². The number of amides is 3. The number of hydrogen-bond acceptors (Lipinski definition) is 3. The van der Waals surface area contributed by atoms with E-state index in [1.165, 1.54) is 4.90 Å². The molecular formula is C27H31N3O3. The van der Waals surface area contributed by atoms with Crippen molar-refractivity contribution in [2.75, 3.05) is 11.4 Å². The van der Waals surface area contributed by atoms with Crippen molar-refractivity contribution in [3.63, 3.8) is 0 Å². The maximum Gasteiger partial charge on any atom is 0.257 e. The van der Waals surface area contributed by atoms with Gasteiger partial charge in [-0.25, -0.2) is 4.90 Å². The third-order valence-corrected chi connectivity index (χ3v) is 6.09. The molecule has 0 radical (unpaired) electrons. The first-order valence-corrected chi connectivity index (χ1v) is 11.4. The molecule has 172 valence electrons. The van der Waals surface area contributed by atoms with Gasteiger partial charge in [-0.15, -0.1) is 0 Å². The number of imide groups is 1. The number of H-pyrrole nitrogens is 1. The molecule has 0 bridgehead atoms. The molecule has 6 nitrogen and oxygen atoms in total. The van der Waals surface area contributed by atoms with Gasteiger partial charge in [0.05, 0.1) is 12.1 Å². The number of nitrogens with zero attached hydrogens (tertiary/aromatic N) is 2. The van der Waals surface area contributed by atoms with Crippen LogP contribution in [-0.2, 0) is 20.8 Å². The zero-order valence-corrected chi connectivity index (χ0v) is 19.7. The lowest BCUT2D eigenvalue weighted by atomic mass is 9.91. The number of nitrogens with one attached hydrogen (secondary N) is 1. The molecule has 1 N–H and O–H groups in total. The van der Waals surface area contributed by atoms with E-state index in [1.807, 2.05) is 70.3 Å². The van der Waals surface area contributed by atoms with Crippen molar-refractivity contribution in [3.05, 3.63) is 65.9 Å². The van der Waals surface area contributed by atoms with Crippen LogP contribution in [0.2, 0.25) is 0 Å². The summed E-state index contributed by atoms with van der Waals surface area (Å²) in [6.07, 6.45) is 2.87. The van der Waals surface area contributed by atoms with E-state index in [-0.39, 0.29) is 29.6 Å². The standard InChI is InChI=1S/C27H31N3O3/c1-18-9-11-20(12-10-18)30-24(31)15-23(26(30)33)29(25(32)16-27(2,3)4)14-13-19-17-28-22-8-6-5-7-21(19)22/h5-12,17,23,28H,13-16H2,1-4H3. The molecule has 1 aromatic heterocycles. The zero-order chi connectivity index (χ0) is 23.8. The lowest BCUT2D eigenvalue weighted by molar-refractivity contribution is -0.139. The minimum absolute atomic E-state index is 0.0104. The highest BCUT2D eigenvalue weighted by Gasteiger charge is 2.44. The van der Waals surface area contributed by atoms with Gasteiger partial charge in [-0.1, -0.05) is 56.7 Å². The highest BCUT2D eigenvalue weighted by atomic mass is 16.2. The van der Waals surface area contributed by atoms with Gasteiger partial charge < -0.3 is 9.88 Å². The second-order valence-corrected chi connectivity index (χ2v) is 10.1. The molecule has 6 heteroatoms. The molecular weight excluding hydrogens is 414 g/mol. The van der Waals surface area contributed by atoms with Crippen LogP contribution in [0.1, 0.15) is 44.7 Å². The summed E-state index contributed by atoms with van der Waals surface area (Å²) in [5.41, 5.74) is 3.51. The molecule has 3 amide bonds. The zero-order valence-electron chi connectivity index (χ0n) is 19.7. The fourth-order valence-electron chi connectivity index (χ4n) is 4.41. The number of carbonyl (C=O) groups excluding carboxylic acids is 3. The summed E-state index contributed by atoms with van der Waals surface area (Å²) in [5, 5.41) is 1.11. The summed E-state index contributed by atoms with van der Waals surface area (Å²) in [4.78, 5) is 45.7. The summed E-state index contributed by atoms with van der Waals surface area (Å²) in [6.45, 7) is 8.34. The Bertz CT molecular complexity index is 1190. The average molecular weight is 446 g/mol. The maximum atomic E-state index is 13.4. The third kappa shape index (κ3) is 4.85. The fraction of sp³-hybridized carbons (Fsp3) is 0.370. The van der Waals surface area contributed by atoms with Crippen molar-refractivity contribution >= 4 is 34.3 Å². The summed E-state index contributed by atoms with van der Waals surface area (Å²) in [6, 6.07) is 14.6. The van der Waals surface area contributed by atoms with Gasteiger partial charge in [0.25, 0.3) is 5.91 Å². The number of aryl methyl sites for hydroxylation is 1. The number of carbonyl (C=O) groups is 3. The van der Waals surface area contributed by atoms with Crippen molar-refractivity contribution in [2.24, 2.45) is 5.41 Å². The van der Waals surface area contributed by atoms with Crippen molar-refractivity contribution < 1.29 is 14.4 Å². The van der Waals surface area contributed by atoms with Crippen molar-refractivity contribution in [3.8, 4) is 0 Å². The van der Waals surface area contributed by atoms with Crippen molar-refractivity contribution in [2.45, 2.75) is 53.0 Å². The van der Waals surface area contributed by atoms with E-state index in [0.717, 1.165) is 22.0 Å². The number of rotatable bonds is 6.